The molecule has 2 aliphatic rings. The Morgan fingerprint density at radius 1 is 1.24 bits per heavy atom. The zero-order valence-electron chi connectivity index (χ0n) is 19.6. The molecule has 1 heterocycles. The molecule has 2 fully saturated rings. The third-order valence-corrected chi connectivity index (χ3v) is 6.56. The maximum absolute atomic E-state index is 13.1. The molecule has 1 aliphatic heterocycles. The summed E-state index contributed by atoms with van der Waals surface area (Å²) in [5.41, 5.74) is 5.80. The minimum absolute atomic E-state index is 0.0218. The summed E-state index contributed by atoms with van der Waals surface area (Å²) in [4.78, 5) is 39.1. The number of amides is 3. The van der Waals surface area contributed by atoms with Crippen LogP contribution in [0, 0.1) is 10.8 Å². The van der Waals surface area contributed by atoms with Gasteiger partial charge in [0.15, 0.2) is 0 Å². The highest BCUT2D eigenvalue weighted by atomic mass is 16.5. The molecule has 0 radical (unpaired) electrons. The van der Waals surface area contributed by atoms with Crippen LogP contribution in [-0.2, 0) is 19.1 Å². The molecular weight excluding hydrogens is 422 g/mol. The van der Waals surface area contributed by atoms with E-state index in [2.05, 4.69) is 24.5 Å². The number of carbonyl (C=O) groups excluding carboxylic acids is 3. The number of nitrogens with one attached hydrogen (secondary N) is 3. The molecule has 3 amide bonds. The van der Waals surface area contributed by atoms with Crippen molar-refractivity contribution in [2.75, 3.05) is 25.5 Å². The predicted octanol–water partition coefficient (Wildman–Crippen LogP) is 1.65. The second kappa shape index (κ2) is 10.3. The molecule has 1 aliphatic carbocycles. The zero-order chi connectivity index (χ0) is 24.2. The maximum atomic E-state index is 13.1. The number of likely N-dealkylation sites (tertiary alicyclic amines) is 1. The molecule has 9 nitrogen and oxygen atoms in total. The van der Waals surface area contributed by atoms with Crippen LogP contribution in [0.15, 0.2) is 24.3 Å². The van der Waals surface area contributed by atoms with Gasteiger partial charge in [0.25, 0.3) is 5.91 Å². The summed E-state index contributed by atoms with van der Waals surface area (Å²) in [5.74, 6) is -1.16. The van der Waals surface area contributed by atoms with Crippen LogP contribution in [0.25, 0.3) is 0 Å². The third kappa shape index (κ3) is 6.10. The molecule has 1 aromatic carbocycles. The van der Waals surface area contributed by atoms with Gasteiger partial charge in [0.05, 0.1) is 12.6 Å². The van der Waals surface area contributed by atoms with Gasteiger partial charge in [-0.3, -0.25) is 19.8 Å². The summed E-state index contributed by atoms with van der Waals surface area (Å²) >= 11 is 0. The predicted molar refractivity (Wildman–Crippen MR) is 126 cm³/mol. The molecule has 33 heavy (non-hydrogen) atoms. The van der Waals surface area contributed by atoms with Crippen molar-refractivity contribution < 1.29 is 19.1 Å². The van der Waals surface area contributed by atoms with Gasteiger partial charge < -0.3 is 26.0 Å². The van der Waals surface area contributed by atoms with Crippen molar-refractivity contribution in [2.24, 2.45) is 11.1 Å². The Morgan fingerprint density at radius 2 is 1.97 bits per heavy atom. The van der Waals surface area contributed by atoms with Crippen molar-refractivity contribution in [3.05, 3.63) is 29.8 Å². The Balaban J connectivity index is 1.61. The number of para-hydroxylation sites is 1. The molecule has 5 N–H and O–H groups in total. The Bertz CT molecular complexity index is 916. The minimum Gasteiger partial charge on any atom is -0.381 e. The number of anilines is 1. The van der Waals surface area contributed by atoms with E-state index in [1.807, 2.05) is 0 Å². The van der Waals surface area contributed by atoms with Crippen molar-refractivity contribution in [3.8, 4) is 0 Å². The first-order chi connectivity index (χ1) is 15.6. The molecule has 0 spiro atoms. The zero-order valence-corrected chi connectivity index (χ0v) is 19.6. The molecule has 0 aromatic heterocycles. The number of rotatable bonds is 8. The lowest BCUT2D eigenvalue weighted by Crippen LogP contribution is -2.52. The molecular formula is C24H35N5O4. The number of methoxy groups -OCH3 is 1. The van der Waals surface area contributed by atoms with Crippen molar-refractivity contribution in [3.63, 3.8) is 0 Å². The van der Waals surface area contributed by atoms with Gasteiger partial charge >= 0.3 is 0 Å². The lowest BCUT2D eigenvalue weighted by molar-refractivity contribution is -0.137. The molecule has 1 unspecified atom stereocenters. The number of hydrogen-bond acceptors (Lipinski definition) is 6. The van der Waals surface area contributed by atoms with Crippen molar-refractivity contribution in [1.29, 1.82) is 5.41 Å². The van der Waals surface area contributed by atoms with E-state index in [-0.39, 0.29) is 41.6 Å². The number of benzene rings is 1. The van der Waals surface area contributed by atoms with Gasteiger partial charge in [-0.1, -0.05) is 32.0 Å². The molecule has 0 bridgehead atoms. The minimum atomic E-state index is -0.839. The van der Waals surface area contributed by atoms with Gasteiger partial charge in [0, 0.05) is 30.9 Å². The average Bonchev–Trinajstić information content (AvgIpc) is 3.26. The van der Waals surface area contributed by atoms with Crippen LogP contribution in [0.1, 0.15) is 51.5 Å². The van der Waals surface area contributed by atoms with Gasteiger partial charge in [-0.25, -0.2) is 0 Å². The number of carbonyl (C=O) groups is 3. The summed E-state index contributed by atoms with van der Waals surface area (Å²) in [6.45, 7) is 4.84. The second-order valence-corrected chi connectivity index (χ2v) is 9.75. The first-order valence-electron chi connectivity index (χ1n) is 11.5. The quantitative estimate of drug-likeness (QED) is 0.440. The molecule has 9 heteroatoms. The lowest BCUT2D eigenvalue weighted by Gasteiger charge is -2.40. The monoisotopic (exact) mass is 457 g/mol. The maximum Gasteiger partial charge on any atom is 0.267 e. The summed E-state index contributed by atoms with van der Waals surface area (Å²) in [7, 11) is 1.71. The van der Waals surface area contributed by atoms with Crippen LogP contribution in [0.2, 0.25) is 0 Å². The van der Waals surface area contributed by atoms with E-state index in [1.54, 1.807) is 36.3 Å². The Kier molecular flexibility index (Phi) is 7.73. The van der Waals surface area contributed by atoms with E-state index in [0.29, 0.717) is 24.2 Å². The Morgan fingerprint density at radius 3 is 2.67 bits per heavy atom. The molecule has 3 rings (SSSR count). The third-order valence-electron chi connectivity index (χ3n) is 6.56. The van der Waals surface area contributed by atoms with Gasteiger partial charge in [-0.05, 0) is 43.6 Å². The fourth-order valence-corrected chi connectivity index (χ4v) is 5.04. The van der Waals surface area contributed by atoms with E-state index >= 15 is 0 Å². The fourth-order valence-electron chi connectivity index (χ4n) is 5.04. The SMILES string of the molecule is CO[C@@H]1CC(NC(=O)[C@@H]2CCCN2C(=O)CNc2ccccc2C(=N)C(N)=O)CC(C)(C)C1. The molecule has 1 saturated heterocycles. The van der Waals surface area contributed by atoms with E-state index in [4.69, 9.17) is 15.9 Å². The smallest absolute Gasteiger partial charge is 0.267 e. The standard InChI is InChI=1S/C24H35N5O4/c1-24(2)12-15(11-16(13-24)33-3)28-23(32)19-9-6-10-29(19)20(30)14-27-18-8-5-4-7-17(18)21(25)22(26)31/h4-5,7-8,15-16,19,25,27H,6,9-14H2,1-3H3,(H2,26,31)(H,28,32)/t15?,16-,19+/m1/s1. The average molecular weight is 458 g/mol. The summed E-state index contributed by atoms with van der Waals surface area (Å²) in [6.07, 6.45) is 4.13. The number of ether oxygens (including phenoxy) is 1. The summed E-state index contributed by atoms with van der Waals surface area (Å²) < 4.78 is 5.57. The van der Waals surface area contributed by atoms with Crippen molar-refractivity contribution >= 4 is 29.1 Å². The number of nitrogens with zero attached hydrogens (tertiary/aromatic N) is 1. The second-order valence-electron chi connectivity index (χ2n) is 9.75. The Hall–Kier alpha value is -2.94. The summed E-state index contributed by atoms with van der Waals surface area (Å²) in [6, 6.07) is 6.26. The van der Waals surface area contributed by atoms with Gasteiger partial charge in [-0.2, -0.15) is 0 Å². The van der Waals surface area contributed by atoms with Crippen LogP contribution >= 0.6 is 0 Å². The molecule has 1 saturated carbocycles. The van der Waals surface area contributed by atoms with E-state index in [0.717, 1.165) is 25.7 Å². The first-order valence-corrected chi connectivity index (χ1v) is 11.5. The normalized spacial score (nSPS) is 24.2. The van der Waals surface area contributed by atoms with Crippen LogP contribution < -0.4 is 16.4 Å². The van der Waals surface area contributed by atoms with Crippen LogP contribution in [0.5, 0.6) is 0 Å². The van der Waals surface area contributed by atoms with E-state index < -0.39 is 11.9 Å². The highest BCUT2D eigenvalue weighted by Crippen LogP contribution is 2.36. The van der Waals surface area contributed by atoms with Gasteiger partial charge in [0.1, 0.15) is 11.8 Å². The van der Waals surface area contributed by atoms with Gasteiger partial charge in [-0.15, -0.1) is 0 Å². The van der Waals surface area contributed by atoms with Gasteiger partial charge in [0.2, 0.25) is 11.8 Å². The van der Waals surface area contributed by atoms with Crippen molar-refractivity contribution in [2.45, 2.75) is 64.1 Å². The van der Waals surface area contributed by atoms with Crippen LogP contribution in [0.4, 0.5) is 5.69 Å². The highest BCUT2D eigenvalue weighted by molar-refractivity contribution is 6.44. The van der Waals surface area contributed by atoms with E-state index in [1.165, 1.54) is 0 Å². The molecule has 1 aromatic rings. The largest absolute Gasteiger partial charge is 0.381 e. The van der Waals surface area contributed by atoms with Crippen molar-refractivity contribution in [1.82, 2.24) is 10.2 Å². The Labute approximate surface area is 194 Å². The molecule has 180 valence electrons. The molecule has 3 atom stereocenters. The number of hydrogen-bond donors (Lipinski definition) is 4. The fraction of sp³-hybridized carbons (Fsp3) is 0.583. The number of nitrogens with two attached hydrogens (primary N) is 1. The lowest BCUT2D eigenvalue weighted by atomic mass is 9.73. The highest BCUT2D eigenvalue weighted by Gasteiger charge is 2.38. The first kappa shape index (κ1) is 24.7. The van der Waals surface area contributed by atoms with E-state index in [9.17, 15) is 14.4 Å². The topological polar surface area (TPSA) is 138 Å². The van der Waals surface area contributed by atoms with Crippen LogP contribution in [-0.4, -0.2) is 66.7 Å². The van der Waals surface area contributed by atoms with Crippen LogP contribution in [0.3, 0.4) is 0 Å². The number of primary amides is 1. The summed E-state index contributed by atoms with van der Waals surface area (Å²) in [5, 5.41) is 14.0.